The topological polar surface area (TPSA) is 73.6 Å². The number of carbonyl (C=O) groups is 1. The molecule has 0 spiro atoms. The minimum Gasteiger partial charge on any atom is -0.491 e. The third-order valence-corrected chi connectivity index (χ3v) is 3.86. The van der Waals surface area contributed by atoms with Crippen LogP contribution in [0.4, 0.5) is 5.69 Å². The van der Waals surface area contributed by atoms with Crippen LogP contribution in [0.25, 0.3) is 0 Å². The molecular weight excluding hydrogens is 268 g/mol. The van der Waals surface area contributed by atoms with E-state index < -0.39 is 0 Å². The van der Waals surface area contributed by atoms with Gasteiger partial charge in [-0.2, -0.15) is 0 Å². The van der Waals surface area contributed by atoms with Crippen molar-refractivity contribution in [2.24, 2.45) is 11.7 Å². The van der Waals surface area contributed by atoms with Crippen molar-refractivity contribution in [2.45, 2.75) is 32.2 Å². The molecule has 0 aliphatic heterocycles. The molecule has 0 saturated heterocycles. The number of nitrogens with one attached hydrogen (secondary N) is 1. The summed E-state index contributed by atoms with van der Waals surface area (Å²) < 4.78 is 10.5. The fraction of sp³-hybridized carbons (Fsp3) is 0.562. The van der Waals surface area contributed by atoms with E-state index in [1.165, 1.54) is 0 Å². The Bertz CT molecular complexity index is 490. The van der Waals surface area contributed by atoms with Gasteiger partial charge in [0, 0.05) is 24.8 Å². The van der Waals surface area contributed by atoms with E-state index in [1.807, 2.05) is 25.1 Å². The number of benzene rings is 1. The van der Waals surface area contributed by atoms with E-state index in [2.05, 4.69) is 5.32 Å². The number of carbonyl (C=O) groups excluding carboxylic acids is 1. The fourth-order valence-corrected chi connectivity index (χ4v) is 2.60. The van der Waals surface area contributed by atoms with E-state index >= 15 is 0 Å². The molecule has 2 rings (SSSR count). The number of nitrogens with two attached hydrogens (primary N) is 1. The Hall–Kier alpha value is -1.59. The van der Waals surface area contributed by atoms with Crippen molar-refractivity contribution in [3.8, 4) is 5.75 Å². The Morgan fingerprint density at radius 1 is 1.38 bits per heavy atom. The van der Waals surface area contributed by atoms with Gasteiger partial charge in [-0.25, -0.2) is 0 Å². The van der Waals surface area contributed by atoms with E-state index in [1.54, 1.807) is 7.11 Å². The van der Waals surface area contributed by atoms with Crippen molar-refractivity contribution in [2.75, 3.05) is 25.6 Å². The van der Waals surface area contributed by atoms with Crippen LogP contribution < -0.4 is 15.8 Å². The van der Waals surface area contributed by atoms with E-state index in [4.69, 9.17) is 15.2 Å². The van der Waals surface area contributed by atoms with Crippen LogP contribution in [0.1, 0.15) is 24.8 Å². The molecule has 1 fully saturated rings. The predicted octanol–water partition coefficient (Wildman–Crippen LogP) is 2.09. The largest absolute Gasteiger partial charge is 0.491 e. The van der Waals surface area contributed by atoms with Gasteiger partial charge in [0.15, 0.2) is 0 Å². The number of hydrogen-bond acceptors (Lipinski definition) is 4. The van der Waals surface area contributed by atoms with Gasteiger partial charge in [-0.05, 0) is 49.9 Å². The summed E-state index contributed by atoms with van der Waals surface area (Å²) >= 11 is 0. The highest BCUT2D eigenvalue weighted by Gasteiger charge is 2.27. The number of amides is 1. The molecule has 2 atom stereocenters. The van der Waals surface area contributed by atoms with Crippen molar-refractivity contribution in [1.29, 1.82) is 0 Å². The van der Waals surface area contributed by atoms with Crippen molar-refractivity contribution < 1.29 is 14.3 Å². The van der Waals surface area contributed by atoms with Crippen molar-refractivity contribution in [3.63, 3.8) is 0 Å². The molecule has 3 N–H and O–H groups in total. The predicted molar refractivity (Wildman–Crippen MR) is 82.5 cm³/mol. The summed E-state index contributed by atoms with van der Waals surface area (Å²) in [5.74, 6) is 0.890. The second-order valence-corrected chi connectivity index (χ2v) is 5.58. The van der Waals surface area contributed by atoms with Crippen molar-refractivity contribution in [1.82, 2.24) is 0 Å². The van der Waals surface area contributed by atoms with Crippen LogP contribution in [0, 0.1) is 12.8 Å². The van der Waals surface area contributed by atoms with Gasteiger partial charge in [-0.3, -0.25) is 4.79 Å². The lowest BCUT2D eigenvalue weighted by atomic mass is 10.1. The molecule has 1 aromatic carbocycles. The highest BCUT2D eigenvalue weighted by molar-refractivity contribution is 5.93. The molecule has 5 nitrogen and oxygen atoms in total. The second-order valence-electron chi connectivity index (χ2n) is 5.58. The minimum atomic E-state index is 0.0389. The van der Waals surface area contributed by atoms with Crippen LogP contribution in [0.2, 0.25) is 0 Å². The summed E-state index contributed by atoms with van der Waals surface area (Å²) in [5, 5.41) is 2.99. The molecule has 1 aliphatic rings. The number of aryl methyl sites for hydroxylation is 1. The van der Waals surface area contributed by atoms with Gasteiger partial charge >= 0.3 is 0 Å². The van der Waals surface area contributed by atoms with E-state index in [0.717, 1.165) is 36.3 Å². The maximum absolute atomic E-state index is 12.2. The Morgan fingerprint density at radius 3 is 2.81 bits per heavy atom. The summed E-state index contributed by atoms with van der Waals surface area (Å²) in [6.07, 6.45) is 2.59. The molecular formula is C16H24N2O3. The summed E-state index contributed by atoms with van der Waals surface area (Å²) in [5.41, 5.74) is 7.68. The SMILES string of the molecule is COCCOc1ccc(NC(=O)C2CCC(N)C2)c(C)c1. The number of anilines is 1. The number of hydrogen-bond donors (Lipinski definition) is 2. The highest BCUT2D eigenvalue weighted by atomic mass is 16.5. The van der Waals surface area contributed by atoms with Gasteiger partial charge in [-0.15, -0.1) is 0 Å². The fourth-order valence-electron chi connectivity index (χ4n) is 2.60. The van der Waals surface area contributed by atoms with Crippen LogP contribution in [-0.4, -0.2) is 32.3 Å². The molecule has 1 aliphatic carbocycles. The number of methoxy groups -OCH3 is 1. The maximum Gasteiger partial charge on any atom is 0.227 e. The molecule has 5 heteroatoms. The van der Waals surface area contributed by atoms with E-state index in [-0.39, 0.29) is 17.9 Å². The Balaban J connectivity index is 1.92. The molecule has 0 aromatic heterocycles. The lowest BCUT2D eigenvalue weighted by Crippen LogP contribution is -2.23. The summed E-state index contributed by atoms with van der Waals surface area (Å²) in [6.45, 7) is 3.03. The highest BCUT2D eigenvalue weighted by Crippen LogP contribution is 2.27. The van der Waals surface area contributed by atoms with Crippen LogP contribution in [0.15, 0.2) is 18.2 Å². The normalized spacial score (nSPS) is 21.3. The first-order chi connectivity index (χ1) is 10.1. The van der Waals surface area contributed by atoms with Crippen LogP contribution in [-0.2, 0) is 9.53 Å². The van der Waals surface area contributed by atoms with Gasteiger partial charge in [0.1, 0.15) is 12.4 Å². The van der Waals surface area contributed by atoms with Gasteiger partial charge in [-0.1, -0.05) is 0 Å². The molecule has 1 amide bonds. The first-order valence-electron chi connectivity index (χ1n) is 7.39. The van der Waals surface area contributed by atoms with E-state index in [0.29, 0.717) is 13.2 Å². The zero-order chi connectivity index (χ0) is 15.2. The first kappa shape index (κ1) is 15.8. The van der Waals surface area contributed by atoms with Gasteiger partial charge < -0.3 is 20.5 Å². The summed E-state index contributed by atoms with van der Waals surface area (Å²) in [6, 6.07) is 5.83. The third kappa shape index (κ3) is 4.44. The molecule has 0 bridgehead atoms. The van der Waals surface area contributed by atoms with Crippen molar-refractivity contribution in [3.05, 3.63) is 23.8 Å². The zero-order valence-electron chi connectivity index (χ0n) is 12.7. The first-order valence-corrected chi connectivity index (χ1v) is 7.39. The summed E-state index contributed by atoms with van der Waals surface area (Å²) in [7, 11) is 1.64. The second kappa shape index (κ2) is 7.43. The Morgan fingerprint density at radius 2 is 2.19 bits per heavy atom. The van der Waals surface area contributed by atoms with Crippen LogP contribution in [0.5, 0.6) is 5.75 Å². The molecule has 1 saturated carbocycles. The molecule has 1 aromatic rings. The summed E-state index contributed by atoms with van der Waals surface area (Å²) in [4.78, 5) is 12.2. The molecule has 116 valence electrons. The zero-order valence-corrected chi connectivity index (χ0v) is 12.7. The molecule has 0 heterocycles. The average Bonchev–Trinajstić information content (AvgIpc) is 2.89. The van der Waals surface area contributed by atoms with Gasteiger partial charge in [0.25, 0.3) is 0 Å². The van der Waals surface area contributed by atoms with E-state index in [9.17, 15) is 4.79 Å². The maximum atomic E-state index is 12.2. The standard InChI is InChI=1S/C16H24N2O3/c1-11-9-14(21-8-7-20-2)5-6-15(11)18-16(19)12-3-4-13(17)10-12/h5-6,9,12-13H,3-4,7-8,10,17H2,1-2H3,(H,18,19). The number of ether oxygens (including phenoxy) is 2. The lowest BCUT2D eigenvalue weighted by Gasteiger charge is -2.14. The molecule has 2 unspecified atom stereocenters. The van der Waals surface area contributed by atoms with Gasteiger partial charge in [0.05, 0.1) is 6.61 Å². The molecule has 21 heavy (non-hydrogen) atoms. The minimum absolute atomic E-state index is 0.0389. The monoisotopic (exact) mass is 292 g/mol. The molecule has 0 radical (unpaired) electrons. The lowest BCUT2D eigenvalue weighted by molar-refractivity contribution is -0.119. The average molecular weight is 292 g/mol. The van der Waals surface area contributed by atoms with Crippen LogP contribution >= 0.6 is 0 Å². The van der Waals surface area contributed by atoms with Gasteiger partial charge in [0.2, 0.25) is 5.91 Å². The smallest absolute Gasteiger partial charge is 0.227 e. The third-order valence-electron chi connectivity index (χ3n) is 3.86. The van der Waals surface area contributed by atoms with Crippen molar-refractivity contribution >= 4 is 11.6 Å². The Kier molecular flexibility index (Phi) is 5.59. The van der Waals surface area contributed by atoms with Crippen LogP contribution in [0.3, 0.4) is 0 Å². The Labute approximate surface area is 125 Å². The quantitative estimate of drug-likeness (QED) is 0.787. The number of rotatable bonds is 6.